The van der Waals surface area contributed by atoms with E-state index in [2.05, 4.69) is 35.2 Å². The van der Waals surface area contributed by atoms with Gasteiger partial charge in [-0.15, -0.1) is 11.8 Å². The monoisotopic (exact) mass is 455 g/mol. The van der Waals surface area contributed by atoms with Crippen molar-refractivity contribution in [2.45, 2.75) is 61.4 Å². The number of aliphatic hydroxyl groups is 1. The van der Waals surface area contributed by atoms with Crippen molar-refractivity contribution in [1.29, 1.82) is 0 Å². The first-order chi connectivity index (χ1) is 15.5. The Hall–Kier alpha value is -2.02. The zero-order valence-corrected chi connectivity index (χ0v) is 19.7. The van der Waals surface area contributed by atoms with E-state index in [0.29, 0.717) is 18.3 Å². The summed E-state index contributed by atoms with van der Waals surface area (Å²) < 4.78 is 11.4. The van der Waals surface area contributed by atoms with Gasteiger partial charge in [0.25, 0.3) is 0 Å². The molecule has 0 aliphatic carbocycles. The Morgan fingerprint density at radius 1 is 1.19 bits per heavy atom. The van der Waals surface area contributed by atoms with E-state index in [1.54, 1.807) is 6.92 Å². The summed E-state index contributed by atoms with van der Waals surface area (Å²) in [6.07, 6.45) is 1.75. The topological polar surface area (TPSA) is 59.0 Å². The van der Waals surface area contributed by atoms with Crippen LogP contribution in [0.15, 0.2) is 53.4 Å². The van der Waals surface area contributed by atoms with Gasteiger partial charge in [-0.25, -0.2) is 0 Å². The summed E-state index contributed by atoms with van der Waals surface area (Å²) in [5.74, 6) is 0.992. The molecule has 4 rings (SSSR count). The zero-order valence-electron chi connectivity index (χ0n) is 18.9. The van der Waals surface area contributed by atoms with Crippen LogP contribution in [-0.2, 0) is 9.53 Å². The molecule has 0 saturated carbocycles. The Balaban J connectivity index is 1.22. The molecule has 172 valence electrons. The van der Waals surface area contributed by atoms with Crippen molar-refractivity contribution >= 4 is 17.7 Å². The van der Waals surface area contributed by atoms with Gasteiger partial charge in [-0.1, -0.05) is 36.4 Å². The number of carbonyl (C=O) groups excluding carboxylic acids is 1. The van der Waals surface area contributed by atoms with Crippen molar-refractivity contribution in [3.05, 3.63) is 59.7 Å². The number of benzene rings is 2. The molecule has 1 unspecified atom stereocenters. The minimum Gasteiger partial charge on any atom is -0.487 e. The van der Waals surface area contributed by atoms with Crippen LogP contribution in [0.4, 0.5) is 0 Å². The molecule has 0 amide bonds. The molecule has 0 bridgehead atoms. The predicted molar refractivity (Wildman–Crippen MR) is 127 cm³/mol. The molecule has 0 radical (unpaired) electrons. The second kappa shape index (κ2) is 10.7. The number of rotatable bonds is 6. The second-order valence-electron chi connectivity index (χ2n) is 8.85. The van der Waals surface area contributed by atoms with E-state index in [9.17, 15) is 9.90 Å². The van der Waals surface area contributed by atoms with Crippen LogP contribution in [0.5, 0.6) is 5.75 Å². The van der Waals surface area contributed by atoms with E-state index < -0.39 is 17.5 Å². The van der Waals surface area contributed by atoms with Gasteiger partial charge in [0.2, 0.25) is 0 Å². The van der Waals surface area contributed by atoms with Crippen LogP contribution in [0.3, 0.4) is 0 Å². The van der Waals surface area contributed by atoms with Gasteiger partial charge < -0.3 is 19.5 Å². The van der Waals surface area contributed by atoms with Gasteiger partial charge in [0.1, 0.15) is 23.2 Å². The van der Waals surface area contributed by atoms with Crippen LogP contribution in [0.1, 0.15) is 43.2 Å². The molecule has 0 aromatic heterocycles. The number of nitrogens with zero attached hydrogens (tertiary/aromatic N) is 1. The Morgan fingerprint density at radius 2 is 1.94 bits per heavy atom. The molecule has 1 N–H and O–H groups in total. The molecule has 2 heterocycles. The maximum atomic E-state index is 12.8. The highest BCUT2D eigenvalue weighted by Crippen LogP contribution is 2.39. The lowest BCUT2D eigenvalue weighted by Gasteiger charge is -2.32. The van der Waals surface area contributed by atoms with E-state index in [-0.39, 0.29) is 5.97 Å². The number of fused-ring (bicyclic) bond motifs is 1. The standard InChI is InChI=1S/C26H33NO4S/c1-18-9-10-22-23(17-18)32-25(24(28)19(2)31-22)26(29)30-16-6-13-27-14-11-21(12-15-27)20-7-4-3-5-8-20/h3-5,7-10,17,19,21,24-25,28H,6,11-16H2,1-2H3/t19?,24-,25+/m0/s1. The summed E-state index contributed by atoms with van der Waals surface area (Å²) in [6.45, 7) is 7.25. The number of aliphatic hydroxyl groups excluding tert-OH is 1. The molecule has 1 saturated heterocycles. The molecule has 1 fully saturated rings. The van der Waals surface area contributed by atoms with Crippen LogP contribution in [0.2, 0.25) is 0 Å². The Kier molecular flexibility index (Phi) is 7.76. The quantitative estimate of drug-likeness (QED) is 0.514. The number of aryl methyl sites for hydroxylation is 1. The average molecular weight is 456 g/mol. The molecule has 2 aliphatic rings. The SMILES string of the molecule is Cc1ccc2c(c1)S[C@@H](C(=O)OCCCN1CCC(c3ccccc3)CC1)[C@@H](O)C(C)O2. The third kappa shape index (κ3) is 5.66. The Bertz CT molecular complexity index is 898. The van der Waals surface area contributed by atoms with Crippen LogP contribution < -0.4 is 4.74 Å². The summed E-state index contributed by atoms with van der Waals surface area (Å²) in [4.78, 5) is 16.1. The lowest BCUT2D eigenvalue weighted by molar-refractivity contribution is -0.146. The number of hydrogen-bond acceptors (Lipinski definition) is 6. The van der Waals surface area contributed by atoms with Gasteiger partial charge in [0.15, 0.2) is 0 Å². The third-order valence-corrected chi connectivity index (χ3v) is 7.71. The summed E-state index contributed by atoms with van der Waals surface area (Å²) in [5.41, 5.74) is 2.53. The number of thioether (sulfide) groups is 1. The average Bonchev–Trinajstić information content (AvgIpc) is 2.93. The van der Waals surface area contributed by atoms with Gasteiger partial charge in [-0.2, -0.15) is 0 Å². The summed E-state index contributed by atoms with van der Waals surface area (Å²) >= 11 is 1.34. The molecular weight excluding hydrogens is 422 g/mol. The Morgan fingerprint density at radius 3 is 2.69 bits per heavy atom. The zero-order chi connectivity index (χ0) is 22.5. The van der Waals surface area contributed by atoms with Crippen LogP contribution in [0, 0.1) is 6.92 Å². The molecule has 2 aliphatic heterocycles. The van der Waals surface area contributed by atoms with Crippen LogP contribution in [0.25, 0.3) is 0 Å². The molecule has 3 atom stereocenters. The van der Waals surface area contributed by atoms with E-state index >= 15 is 0 Å². The first kappa shape index (κ1) is 23.1. The smallest absolute Gasteiger partial charge is 0.322 e. The van der Waals surface area contributed by atoms with Gasteiger partial charge in [0.05, 0.1) is 11.5 Å². The van der Waals surface area contributed by atoms with Crippen molar-refractivity contribution in [3.8, 4) is 5.75 Å². The number of carbonyl (C=O) groups is 1. The summed E-state index contributed by atoms with van der Waals surface area (Å²) in [6, 6.07) is 16.6. The fourth-order valence-corrected chi connectivity index (χ4v) is 5.76. The van der Waals surface area contributed by atoms with Crippen LogP contribution >= 0.6 is 11.8 Å². The lowest BCUT2D eigenvalue weighted by atomic mass is 9.89. The molecular formula is C26H33NO4S. The number of piperidine rings is 1. The summed E-state index contributed by atoms with van der Waals surface area (Å²) in [7, 11) is 0. The van der Waals surface area contributed by atoms with Gasteiger partial charge in [0, 0.05) is 6.54 Å². The first-order valence-corrected chi connectivity index (χ1v) is 12.4. The highest BCUT2D eigenvalue weighted by molar-refractivity contribution is 8.00. The fraction of sp³-hybridized carbons (Fsp3) is 0.500. The highest BCUT2D eigenvalue weighted by atomic mass is 32.2. The molecule has 6 heteroatoms. The van der Waals surface area contributed by atoms with Crippen molar-refractivity contribution < 1.29 is 19.4 Å². The largest absolute Gasteiger partial charge is 0.487 e. The number of ether oxygens (including phenoxy) is 2. The minimum absolute atomic E-state index is 0.366. The molecule has 2 aromatic carbocycles. The van der Waals surface area contributed by atoms with Gasteiger partial charge in [-0.05, 0) is 75.4 Å². The van der Waals surface area contributed by atoms with Crippen molar-refractivity contribution in [2.75, 3.05) is 26.2 Å². The maximum Gasteiger partial charge on any atom is 0.322 e. The van der Waals surface area contributed by atoms with Gasteiger partial charge in [-0.3, -0.25) is 4.79 Å². The fourth-order valence-electron chi connectivity index (χ4n) is 4.47. The Labute approximate surface area is 195 Å². The normalized spacial score (nSPS) is 24.3. The van der Waals surface area contributed by atoms with E-state index in [4.69, 9.17) is 9.47 Å². The van der Waals surface area contributed by atoms with E-state index in [1.165, 1.54) is 30.2 Å². The number of likely N-dealkylation sites (tertiary alicyclic amines) is 1. The van der Waals surface area contributed by atoms with Crippen molar-refractivity contribution in [1.82, 2.24) is 4.90 Å². The number of esters is 1. The van der Waals surface area contributed by atoms with Crippen LogP contribution in [-0.4, -0.2) is 59.7 Å². The molecule has 5 nitrogen and oxygen atoms in total. The minimum atomic E-state index is -0.919. The second-order valence-corrected chi connectivity index (χ2v) is 10.0. The highest BCUT2D eigenvalue weighted by Gasteiger charge is 2.37. The maximum absolute atomic E-state index is 12.8. The van der Waals surface area contributed by atoms with Crippen molar-refractivity contribution in [2.24, 2.45) is 0 Å². The number of hydrogen-bond donors (Lipinski definition) is 1. The van der Waals surface area contributed by atoms with Gasteiger partial charge >= 0.3 is 5.97 Å². The first-order valence-electron chi connectivity index (χ1n) is 11.6. The molecule has 2 aromatic rings. The van der Waals surface area contributed by atoms with E-state index in [0.717, 1.165) is 36.5 Å². The molecule has 32 heavy (non-hydrogen) atoms. The summed E-state index contributed by atoms with van der Waals surface area (Å²) in [5, 5.41) is 9.97. The van der Waals surface area contributed by atoms with E-state index in [1.807, 2.05) is 25.1 Å². The predicted octanol–water partition coefficient (Wildman–Crippen LogP) is 4.41. The molecule has 0 spiro atoms. The lowest BCUT2D eigenvalue weighted by Crippen LogP contribution is -2.41. The van der Waals surface area contributed by atoms with Crippen molar-refractivity contribution in [3.63, 3.8) is 0 Å². The third-order valence-electron chi connectivity index (χ3n) is 6.41.